The Morgan fingerprint density at radius 2 is 1.79 bits per heavy atom. The zero-order valence-corrected chi connectivity index (χ0v) is 12.1. The fourth-order valence-corrected chi connectivity index (χ4v) is 2.58. The maximum atomic E-state index is 11.6. The van der Waals surface area contributed by atoms with Gasteiger partial charge in [-0.3, -0.25) is 4.79 Å². The molecule has 0 radical (unpaired) electrons. The quantitative estimate of drug-likeness (QED) is 0.797. The fraction of sp³-hybridized carbons (Fsp3) is 0.462. The molecule has 0 saturated heterocycles. The average molecular weight is 284 g/mol. The second kappa shape index (κ2) is 7.25. The minimum atomic E-state index is -3.34. The highest BCUT2D eigenvalue weighted by Gasteiger charge is 2.10. The van der Waals surface area contributed by atoms with Gasteiger partial charge in [-0.05, 0) is 30.5 Å². The summed E-state index contributed by atoms with van der Waals surface area (Å²) in [6.45, 7) is 3.59. The molecule has 5 nitrogen and oxygen atoms in total. The van der Waals surface area contributed by atoms with E-state index in [1.165, 1.54) is 5.56 Å². The van der Waals surface area contributed by atoms with Gasteiger partial charge in [0, 0.05) is 5.69 Å². The number of benzene rings is 1. The Balaban J connectivity index is 2.46. The summed E-state index contributed by atoms with van der Waals surface area (Å²) in [4.78, 5) is 11.6. The van der Waals surface area contributed by atoms with Crippen molar-refractivity contribution in [1.29, 1.82) is 0 Å². The van der Waals surface area contributed by atoms with Crippen LogP contribution in [0.15, 0.2) is 24.3 Å². The SMILES string of the molecule is CCCS(=O)(=O)NCC(=O)Nc1ccc(CC)cc1. The molecule has 0 unspecified atom stereocenters. The molecule has 1 rings (SSSR count). The van der Waals surface area contributed by atoms with E-state index in [9.17, 15) is 13.2 Å². The minimum absolute atomic E-state index is 0.0332. The Morgan fingerprint density at radius 1 is 1.16 bits per heavy atom. The molecule has 0 spiro atoms. The van der Waals surface area contributed by atoms with Gasteiger partial charge in [-0.1, -0.05) is 26.0 Å². The molecule has 0 heterocycles. The van der Waals surface area contributed by atoms with Gasteiger partial charge >= 0.3 is 0 Å². The number of aryl methyl sites for hydroxylation is 1. The van der Waals surface area contributed by atoms with E-state index in [4.69, 9.17) is 0 Å². The van der Waals surface area contributed by atoms with Gasteiger partial charge in [-0.25, -0.2) is 13.1 Å². The highest BCUT2D eigenvalue weighted by Crippen LogP contribution is 2.09. The van der Waals surface area contributed by atoms with Crippen molar-refractivity contribution < 1.29 is 13.2 Å². The lowest BCUT2D eigenvalue weighted by atomic mass is 10.1. The Labute approximate surface area is 114 Å². The standard InChI is InChI=1S/C13H20N2O3S/c1-3-9-19(17,18)14-10-13(16)15-12-7-5-11(4-2)6-8-12/h5-8,14H,3-4,9-10H2,1-2H3,(H,15,16). The second-order valence-electron chi connectivity index (χ2n) is 4.24. The van der Waals surface area contributed by atoms with Gasteiger partial charge in [-0.15, -0.1) is 0 Å². The van der Waals surface area contributed by atoms with E-state index >= 15 is 0 Å². The van der Waals surface area contributed by atoms with Crippen molar-refractivity contribution in [2.75, 3.05) is 17.6 Å². The second-order valence-corrected chi connectivity index (χ2v) is 6.17. The summed E-state index contributed by atoms with van der Waals surface area (Å²) in [6.07, 6.45) is 1.46. The Hall–Kier alpha value is -1.40. The predicted octanol–water partition coefficient (Wildman–Crippen LogP) is 1.52. The van der Waals surface area contributed by atoms with E-state index in [0.29, 0.717) is 12.1 Å². The summed E-state index contributed by atoms with van der Waals surface area (Å²) < 4.78 is 25.0. The van der Waals surface area contributed by atoms with Crippen LogP contribution in [0.4, 0.5) is 5.69 Å². The highest BCUT2D eigenvalue weighted by atomic mass is 32.2. The van der Waals surface area contributed by atoms with Crippen molar-refractivity contribution in [3.8, 4) is 0 Å². The van der Waals surface area contributed by atoms with E-state index in [1.54, 1.807) is 19.1 Å². The maximum Gasteiger partial charge on any atom is 0.239 e. The lowest BCUT2D eigenvalue weighted by Gasteiger charge is -2.07. The van der Waals surface area contributed by atoms with E-state index in [1.807, 2.05) is 12.1 Å². The molecule has 0 bridgehead atoms. The molecule has 6 heteroatoms. The smallest absolute Gasteiger partial charge is 0.239 e. The van der Waals surface area contributed by atoms with E-state index < -0.39 is 10.0 Å². The van der Waals surface area contributed by atoms with Gasteiger partial charge in [0.15, 0.2) is 0 Å². The molecule has 0 fully saturated rings. The molecule has 19 heavy (non-hydrogen) atoms. The van der Waals surface area contributed by atoms with Crippen LogP contribution in [0.5, 0.6) is 0 Å². The lowest BCUT2D eigenvalue weighted by molar-refractivity contribution is -0.115. The van der Waals surface area contributed by atoms with Crippen molar-refractivity contribution in [2.45, 2.75) is 26.7 Å². The molecule has 1 amide bonds. The first-order valence-corrected chi connectivity index (χ1v) is 7.98. The van der Waals surface area contributed by atoms with Crippen LogP contribution in [-0.4, -0.2) is 26.6 Å². The summed E-state index contributed by atoms with van der Waals surface area (Å²) in [5.74, 6) is -0.338. The van der Waals surface area contributed by atoms with Gasteiger partial charge < -0.3 is 5.32 Å². The van der Waals surface area contributed by atoms with Gasteiger partial charge in [0.25, 0.3) is 0 Å². The number of rotatable bonds is 7. The van der Waals surface area contributed by atoms with Crippen molar-refractivity contribution >= 4 is 21.6 Å². The topological polar surface area (TPSA) is 75.3 Å². The Kier molecular flexibility index (Phi) is 5.98. The van der Waals surface area contributed by atoms with E-state index in [-0.39, 0.29) is 18.2 Å². The van der Waals surface area contributed by atoms with Crippen LogP contribution in [0.1, 0.15) is 25.8 Å². The van der Waals surface area contributed by atoms with Crippen molar-refractivity contribution in [1.82, 2.24) is 4.72 Å². The fourth-order valence-electron chi connectivity index (χ4n) is 1.55. The number of hydrogen-bond donors (Lipinski definition) is 2. The lowest BCUT2D eigenvalue weighted by Crippen LogP contribution is -2.34. The minimum Gasteiger partial charge on any atom is -0.325 e. The molecule has 0 aliphatic carbocycles. The number of anilines is 1. The number of hydrogen-bond acceptors (Lipinski definition) is 3. The first kappa shape index (κ1) is 15.7. The predicted molar refractivity (Wildman–Crippen MR) is 76.5 cm³/mol. The van der Waals surface area contributed by atoms with Gasteiger partial charge in [0.2, 0.25) is 15.9 Å². The molecule has 106 valence electrons. The molecule has 0 aliphatic heterocycles. The van der Waals surface area contributed by atoms with Gasteiger partial charge in [0.05, 0.1) is 12.3 Å². The van der Waals surface area contributed by atoms with Crippen LogP contribution in [0, 0.1) is 0 Å². The monoisotopic (exact) mass is 284 g/mol. The van der Waals surface area contributed by atoms with Crippen LogP contribution in [0.3, 0.4) is 0 Å². The largest absolute Gasteiger partial charge is 0.325 e. The molecule has 0 aliphatic rings. The normalized spacial score (nSPS) is 11.3. The third kappa shape index (κ3) is 5.85. The number of nitrogens with one attached hydrogen (secondary N) is 2. The average Bonchev–Trinajstić information content (AvgIpc) is 2.37. The number of carbonyl (C=O) groups is 1. The summed E-state index contributed by atoms with van der Waals surface area (Å²) in [5, 5.41) is 2.64. The number of amides is 1. The van der Waals surface area contributed by atoms with Crippen molar-refractivity contribution in [3.63, 3.8) is 0 Å². The molecule has 0 saturated carbocycles. The van der Waals surface area contributed by atoms with E-state index in [0.717, 1.165) is 6.42 Å². The van der Waals surface area contributed by atoms with Crippen molar-refractivity contribution in [2.24, 2.45) is 0 Å². The zero-order valence-electron chi connectivity index (χ0n) is 11.3. The van der Waals surface area contributed by atoms with Crippen LogP contribution >= 0.6 is 0 Å². The van der Waals surface area contributed by atoms with Crippen LogP contribution in [-0.2, 0) is 21.2 Å². The molecular weight excluding hydrogens is 264 g/mol. The Bertz CT molecular complexity index is 509. The molecule has 0 atom stereocenters. The first-order chi connectivity index (χ1) is 8.96. The van der Waals surface area contributed by atoms with Gasteiger partial charge in [-0.2, -0.15) is 0 Å². The number of sulfonamides is 1. The Morgan fingerprint density at radius 3 is 2.32 bits per heavy atom. The molecular formula is C13H20N2O3S. The summed E-state index contributed by atoms with van der Waals surface area (Å²) >= 11 is 0. The van der Waals surface area contributed by atoms with Gasteiger partial charge in [0.1, 0.15) is 0 Å². The number of carbonyl (C=O) groups excluding carboxylic acids is 1. The third-order valence-electron chi connectivity index (χ3n) is 2.57. The van der Waals surface area contributed by atoms with Crippen molar-refractivity contribution in [3.05, 3.63) is 29.8 Å². The zero-order chi connectivity index (χ0) is 14.3. The van der Waals surface area contributed by atoms with Crippen LogP contribution in [0.2, 0.25) is 0 Å². The summed E-state index contributed by atoms with van der Waals surface area (Å²) in [6, 6.07) is 7.46. The van der Waals surface area contributed by atoms with E-state index in [2.05, 4.69) is 17.0 Å². The maximum absolute atomic E-state index is 11.6. The molecule has 1 aromatic rings. The van der Waals surface area contributed by atoms with Crippen LogP contribution in [0.25, 0.3) is 0 Å². The third-order valence-corrected chi connectivity index (χ3v) is 4.10. The highest BCUT2D eigenvalue weighted by molar-refractivity contribution is 7.89. The summed E-state index contributed by atoms with van der Waals surface area (Å²) in [5.41, 5.74) is 1.85. The summed E-state index contributed by atoms with van der Waals surface area (Å²) in [7, 11) is -3.34. The molecule has 2 N–H and O–H groups in total. The van der Waals surface area contributed by atoms with Crippen LogP contribution < -0.4 is 10.0 Å². The molecule has 0 aromatic heterocycles. The molecule has 1 aromatic carbocycles. The first-order valence-electron chi connectivity index (χ1n) is 6.33.